The molecule has 0 aromatic heterocycles. The number of hydrogen-bond acceptors (Lipinski definition) is 4. The summed E-state index contributed by atoms with van der Waals surface area (Å²) in [5.41, 5.74) is 1.56. The van der Waals surface area contributed by atoms with Gasteiger partial charge >= 0.3 is 5.97 Å². The van der Waals surface area contributed by atoms with Crippen molar-refractivity contribution in [2.45, 2.75) is 32.7 Å². The zero-order valence-corrected chi connectivity index (χ0v) is 15.2. The van der Waals surface area contributed by atoms with E-state index in [1.54, 1.807) is 17.0 Å². The number of rotatable bonds is 9. The largest absolute Gasteiger partial charge is 0.480 e. The summed E-state index contributed by atoms with van der Waals surface area (Å²) in [7, 11) is 0. The van der Waals surface area contributed by atoms with Crippen LogP contribution in [-0.4, -0.2) is 65.4 Å². The molecule has 1 aromatic rings. The molecule has 2 N–H and O–H groups in total. The first-order chi connectivity index (χ1) is 12.5. The first kappa shape index (κ1) is 19.9. The normalized spacial score (nSPS) is 13.8. The third-order valence-electron chi connectivity index (χ3n) is 4.35. The standard InChI is InChI=1S/C19H27N3O4/c1-2-9-21(14-18(24)25)13-17(23)20-12-15-5-7-16(8-6-15)19(26)22-10-3-4-11-22/h5-8H,2-4,9-14H2,1H3,(H,20,23)(H,24,25). The summed E-state index contributed by atoms with van der Waals surface area (Å²) in [4.78, 5) is 38.6. The van der Waals surface area contributed by atoms with Crippen molar-refractivity contribution < 1.29 is 19.5 Å². The molecule has 26 heavy (non-hydrogen) atoms. The molecule has 7 nitrogen and oxygen atoms in total. The quantitative estimate of drug-likeness (QED) is 0.693. The van der Waals surface area contributed by atoms with Crippen LogP contribution in [0.4, 0.5) is 0 Å². The monoisotopic (exact) mass is 361 g/mol. The first-order valence-corrected chi connectivity index (χ1v) is 9.08. The number of carbonyl (C=O) groups is 3. The maximum absolute atomic E-state index is 12.3. The lowest BCUT2D eigenvalue weighted by Crippen LogP contribution is -2.40. The van der Waals surface area contributed by atoms with E-state index in [0.717, 1.165) is 37.9 Å². The van der Waals surface area contributed by atoms with Gasteiger partial charge in [-0.25, -0.2) is 0 Å². The predicted octanol–water partition coefficient (Wildman–Crippen LogP) is 1.34. The van der Waals surface area contributed by atoms with Crippen molar-refractivity contribution in [1.82, 2.24) is 15.1 Å². The fourth-order valence-electron chi connectivity index (χ4n) is 3.05. The van der Waals surface area contributed by atoms with Gasteiger partial charge < -0.3 is 15.3 Å². The first-order valence-electron chi connectivity index (χ1n) is 9.08. The lowest BCUT2D eigenvalue weighted by atomic mass is 10.1. The van der Waals surface area contributed by atoms with E-state index >= 15 is 0 Å². The maximum Gasteiger partial charge on any atom is 0.317 e. The number of benzene rings is 1. The highest BCUT2D eigenvalue weighted by molar-refractivity contribution is 5.94. The van der Waals surface area contributed by atoms with Gasteiger partial charge in [0.1, 0.15) is 0 Å². The molecule has 2 amide bonds. The molecule has 0 radical (unpaired) electrons. The molecule has 0 aliphatic carbocycles. The average molecular weight is 361 g/mol. The van der Waals surface area contributed by atoms with Gasteiger partial charge in [0.25, 0.3) is 5.91 Å². The molecule has 1 aliphatic rings. The summed E-state index contributed by atoms with van der Waals surface area (Å²) in [6, 6.07) is 7.25. The van der Waals surface area contributed by atoms with Crippen molar-refractivity contribution in [2.24, 2.45) is 0 Å². The van der Waals surface area contributed by atoms with Crippen LogP contribution in [0.2, 0.25) is 0 Å². The van der Waals surface area contributed by atoms with Crippen LogP contribution in [0.5, 0.6) is 0 Å². The third-order valence-corrected chi connectivity index (χ3v) is 4.35. The molecule has 1 saturated heterocycles. The summed E-state index contributed by atoms with van der Waals surface area (Å²) in [6.45, 7) is 4.41. The van der Waals surface area contributed by atoms with Gasteiger partial charge in [0, 0.05) is 25.2 Å². The molecule has 1 heterocycles. The van der Waals surface area contributed by atoms with Crippen molar-refractivity contribution in [2.75, 3.05) is 32.7 Å². The van der Waals surface area contributed by atoms with Gasteiger partial charge in [0.15, 0.2) is 0 Å². The zero-order chi connectivity index (χ0) is 18.9. The number of nitrogens with one attached hydrogen (secondary N) is 1. The Balaban J connectivity index is 1.81. The van der Waals surface area contributed by atoms with E-state index in [1.807, 2.05) is 24.0 Å². The molecule has 0 atom stereocenters. The van der Waals surface area contributed by atoms with Crippen LogP contribution in [0, 0.1) is 0 Å². The van der Waals surface area contributed by atoms with Gasteiger partial charge in [-0.05, 0) is 43.5 Å². The summed E-state index contributed by atoms with van der Waals surface area (Å²) in [5, 5.41) is 11.7. The van der Waals surface area contributed by atoms with E-state index in [2.05, 4.69) is 5.32 Å². The molecular formula is C19H27N3O4. The minimum Gasteiger partial charge on any atom is -0.480 e. The lowest BCUT2D eigenvalue weighted by molar-refractivity contribution is -0.138. The minimum absolute atomic E-state index is 0.0574. The number of likely N-dealkylation sites (tertiary alicyclic amines) is 1. The topological polar surface area (TPSA) is 90.0 Å². The van der Waals surface area contributed by atoms with Crippen LogP contribution in [0.15, 0.2) is 24.3 Å². The molecule has 1 aliphatic heterocycles. The van der Waals surface area contributed by atoms with E-state index in [-0.39, 0.29) is 24.9 Å². The molecule has 0 spiro atoms. The number of aliphatic carboxylic acids is 1. The highest BCUT2D eigenvalue weighted by Crippen LogP contribution is 2.13. The van der Waals surface area contributed by atoms with Crippen LogP contribution >= 0.6 is 0 Å². The molecule has 0 bridgehead atoms. The molecule has 2 rings (SSSR count). The number of hydrogen-bond donors (Lipinski definition) is 2. The Kier molecular flexibility index (Phi) is 7.59. The van der Waals surface area contributed by atoms with Crippen LogP contribution < -0.4 is 5.32 Å². The number of carboxylic acid groups (broad SMARTS) is 1. The van der Waals surface area contributed by atoms with Crippen LogP contribution in [0.3, 0.4) is 0 Å². The van der Waals surface area contributed by atoms with Gasteiger partial charge in [0.2, 0.25) is 5.91 Å². The lowest BCUT2D eigenvalue weighted by Gasteiger charge is -2.18. The van der Waals surface area contributed by atoms with Crippen LogP contribution in [-0.2, 0) is 16.1 Å². The van der Waals surface area contributed by atoms with Crippen molar-refractivity contribution in [3.05, 3.63) is 35.4 Å². The number of nitrogens with zero attached hydrogens (tertiary/aromatic N) is 2. The van der Waals surface area contributed by atoms with Crippen molar-refractivity contribution in [3.63, 3.8) is 0 Å². The SMILES string of the molecule is CCCN(CC(=O)O)CC(=O)NCc1ccc(C(=O)N2CCCC2)cc1. The second-order valence-electron chi connectivity index (χ2n) is 6.58. The van der Waals surface area contributed by atoms with Gasteiger partial charge in [-0.15, -0.1) is 0 Å². The Bertz CT molecular complexity index is 624. The number of carbonyl (C=O) groups excluding carboxylic acids is 2. The number of amides is 2. The average Bonchev–Trinajstić information content (AvgIpc) is 3.14. The predicted molar refractivity (Wildman–Crippen MR) is 97.8 cm³/mol. The van der Waals surface area contributed by atoms with Gasteiger partial charge in [0.05, 0.1) is 13.1 Å². The summed E-state index contributed by atoms with van der Waals surface area (Å²) >= 11 is 0. The van der Waals surface area contributed by atoms with Crippen molar-refractivity contribution in [3.8, 4) is 0 Å². The highest BCUT2D eigenvalue weighted by atomic mass is 16.4. The van der Waals surface area contributed by atoms with Crippen LogP contribution in [0.25, 0.3) is 0 Å². The van der Waals surface area contributed by atoms with Gasteiger partial charge in [-0.2, -0.15) is 0 Å². The zero-order valence-electron chi connectivity index (χ0n) is 15.2. The fraction of sp³-hybridized carbons (Fsp3) is 0.526. The third kappa shape index (κ3) is 6.15. The second-order valence-corrected chi connectivity index (χ2v) is 6.58. The highest BCUT2D eigenvalue weighted by Gasteiger charge is 2.19. The number of carboxylic acids is 1. The van der Waals surface area contributed by atoms with Crippen molar-refractivity contribution >= 4 is 17.8 Å². The molecule has 0 saturated carbocycles. The smallest absolute Gasteiger partial charge is 0.317 e. The Hall–Kier alpha value is -2.41. The molecule has 1 fully saturated rings. The Morgan fingerprint density at radius 3 is 2.35 bits per heavy atom. The van der Waals surface area contributed by atoms with Crippen LogP contribution in [0.1, 0.15) is 42.1 Å². The summed E-state index contributed by atoms with van der Waals surface area (Å²) in [6.07, 6.45) is 2.91. The Morgan fingerprint density at radius 2 is 1.77 bits per heavy atom. The summed E-state index contributed by atoms with van der Waals surface area (Å²) in [5.74, 6) is -1.09. The minimum atomic E-state index is -0.940. The molecule has 1 aromatic carbocycles. The molecule has 0 unspecified atom stereocenters. The van der Waals surface area contributed by atoms with E-state index in [1.165, 1.54) is 0 Å². The Morgan fingerprint density at radius 1 is 1.12 bits per heavy atom. The maximum atomic E-state index is 12.3. The van der Waals surface area contributed by atoms with E-state index in [9.17, 15) is 14.4 Å². The second kappa shape index (κ2) is 9.91. The van der Waals surface area contributed by atoms with Gasteiger partial charge in [-0.3, -0.25) is 19.3 Å². The molecule has 7 heteroatoms. The molecule has 142 valence electrons. The van der Waals surface area contributed by atoms with Gasteiger partial charge in [-0.1, -0.05) is 19.1 Å². The fourth-order valence-corrected chi connectivity index (χ4v) is 3.05. The van der Waals surface area contributed by atoms with E-state index < -0.39 is 5.97 Å². The van der Waals surface area contributed by atoms with E-state index in [4.69, 9.17) is 5.11 Å². The van der Waals surface area contributed by atoms with Crippen molar-refractivity contribution in [1.29, 1.82) is 0 Å². The Labute approximate surface area is 154 Å². The van der Waals surface area contributed by atoms with E-state index in [0.29, 0.717) is 18.7 Å². The summed E-state index contributed by atoms with van der Waals surface area (Å²) < 4.78 is 0. The molecular weight excluding hydrogens is 334 g/mol.